The van der Waals surface area contributed by atoms with Crippen LogP contribution in [-0.2, 0) is 62.2 Å². The molecular formula is C81H81Cl2N3O17S2. The van der Waals surface area contributed by atoms with E-state index in [0.29, 0.717) is 126 Å². The van der Waals surface area contributed by atoms with E-state index in [0.717, 1.165) is 34.8 Å². The van der Waals surface area contributed by atoms with Gasteiger partial charge >= 0.3 is 29.8 Å². The lowest BCUT2D eigenvalue weighted by molar-refractivity contribution is -0.148. The van der Waals surface area contributed by atoms with Crippen molar-refractivity contribution >= 4 is 121 Å². The van der Waals surface area contributed by atoms with Gasteiger partial charge in [0.15, 0.2) is 12.4 Å². The third kappa shape index (κ3) is 24.0. The Hall–Kier alpha value is -10.6. The normalized spacial score (nSPS) is 11.5. The number of fused-ring (bicyclic) bond motifs is 2. The number of thioether (sulfide) groups is 1. The van der Waals surface area contributed by atoms with E-state index in [9.17, 15) is 43.6 Å². The van der Waals surface area contributed by atoms with Crippen molar-refractivity contribution in [3.63, 3.8) is 0 Å². The molecule has 0 radical (unpaired) electrons. The number of thiocarbonyl (C=S) groups is 1. The molecule has 2 unspecified atom stereocenters. The van der Waals surface area contributed by atoms with Crippen LogP contribution in [0.1, 0.15) is 118 Å². The molecule has 0 aliphatic heterocycles. The fourth-order valence-electron chi connectivity index (χ4n) is 10.5. The average Bonchev–Trinajstić information content (AvgIpc) is 1.62. The van der Waals surface area contributed by atoms with Gasteiger partial charge in [0.05, 0.1) is 87.3 Å². The minimum Gasteiger partial charge on any atom is -0.497 e. The molecule has 0 aliphatic carbocycles. The maximum absolute atomic E-state index is 13.5. The first-order valence-electron chi connectivity index (χ1n) is 33.5. The molecule has 0 bridgehead atoms. The van der Waals surface area contributed by atoms with Crippen molar-refractivity contribution in [1.29, 1.82) is 5.26 Å². The molecule has 2 aromatic heterocycles. The lowest BCUT2D eigenvalue weighted by Gasteiger charge is -2.20. The molecule has 0 saturated heterocycles. The maximum atomic E-state index is 13.5. The first-order chi connectivity index (χ1) is 50.4. The molecule has 20 nitrogen and oxygen atoms in total. The molecule has 548 valence electrons. The standard InChI is InChI=1S/C35H38ClNO7.C33H30ClNO8.C13H13NO2S2/c1-5-23(2)35(40)44-19-6-18-42-28-13-7-25(8-14-28)17-20-43-33(38)22-30-24(3)37(32-16-15-29(41-4)21-31(30)32)34(39)26-9-11-27(36)12-10-26;1-4-31(37)42-17-5-16-41-25-12-8-22(9-13-25)30(36)20-43-32(38)19-27-21(2)35(29-15-14-26(40-3)18-28(27)29)33(39)23-6-10-24(34)11-7-23;1-13(9-14,8-7-11(15)16)18-12(17)10-5-3-2-4-6-10/h7-16,21,23H,5-6,17-20,22H2,1-4H3;4,6-15,18H,1,5,16-17,19-20H2,2-3H3;2-6H,7-8H2,1H3,(H,15,16). The van der Waals surface area contributed by atoms with E-state index in [2.05, 4.69) is 12.6 Å². The summed E-state index contributed by atoms with van der Waals surface area (Å²) in [7, 11) is 3.11. The zero-order chi connectivity index (χ0) is 76.2. The Bertz CT molecular complexity index is 4590. The second kappa shape index (κ2) is 40.5. The van der Waals surface area contributed by atoms with Gasteiger partial charge in [-0.2, -0.15) is 5.26 Å². The summed E-state index contributed by atoms with van der Waals surface area (Å²) in [6, 6.07) is 49.6. The monoisotopic (exact) mass is 1500 g/mol. The lowest BCUT2D eigenvalue weighted by Crippen LogP contribution is -2.21. The Labute approximate surface area is 629 Å². The molecule has 9 rings (SSSR count). The maximum Gasteiger partial charge on any atom is 0.330 e. The second-order valence-electron chi connectivity index (χ2n) is 24.0. The summed E-state index contributed by atoms with van der Waals surface area (Å²) < 4.78 is 46.1. The molecule has 2 atom stereocenters. The molecule has 0 amide bonds. The molecule has 9 aromatic rings. The third-order valence-corrected chi connectivity index (χ3v) is 18.8. The van der Waals surface area contributed by atoms with Crippen molar-refractivity contribution in [2.45, 2.75) is 90.7 Å². The summed E-state index contributed by atoms with van der Waals surface area (Å²) in [4.78, 5) is 98.8. The number of rotatable bonds is 32. The molecule has 7 aromatic carbocycles. The van der Waals surface area contributed by atoms with Crippen molar-refractivity contribution in [3.8, 4) is 29.1 Å². The van der Waals surface area contributed by atoms with E-state index < -0.39 is 29.3 Å². The third-order valence-electron chi connectivity index (χ3n) is 16.6. The van der Waals surface area contributed by atoms with Crippen molar-refractivity contribution < 1.29 is 81.4 Å². The molecule has 0 fully saturated rings. The smallest absolute Gasteiger partial charge is 0.330 e. The number of nitrogens with zero attached hydrogens (tertiary/aromatic N) is 3. The Kier molecular flexibility index (Phi) is 31.5. The van der Waals surface area contributed by atoms with Gasteiger partial charge in [0.2, 0.25) is 0 Å². The van der Waals surface area contributed by atoms with Crippen LogP contribution in [0.4, 0.5) is 0 Å². The Morgan fingerprint density at radius 2 is 1.08 bits per heavy atom. The zero-order valence-electron chi connectivity index (χ0n) is 59.2. The fraction of sp³-hybridized carbons (Fsp3) is 0.284. The average molecular weight is 1500 g/mol. The number of aromatic nitrogens is 2. The molecule has 0 spiro atoms. The molecule has 1 N–H and O–H groups in total. The predicted octanol–water partition coefficient (Wildman–Crippen LogP) is 16.0. The number of hydrogen-bond donors (Lipinski definition) is 1. The number of halogens is 2. The van der Waals surface area contributed by atoms with Crippen molar-refractivity contribution in [3.05, 3.63) is 237 Å². The number of aliphatic carboxylic acids is 1. The number of esters is 4. The van der Waals surface area contributed by atoms with Crippen molar-refractivity contribution in [2.24, 2.45) is 5.92 Å². The summed E-state index contributed by atoms with van der Waals surface area (Å²) in [6.45, 7) is 13.5. The van der Waals surface area contributed by atoms with Gasteiger partial charge in [-0.05, 0) is 177 Å². The summed E-state index contributed by atoms with van der Waals surface area (Å²) >= 11 is 18.5. The quantitative estimate of drug-likeness (QED) is 0.0103. The highest BCUT2D eigenvalue weighted by atomic mass is 35.5. The van der Waals surface area contributed by atoms with E-state index in [1.54, 1.807) is 127 Å². The van der Waals surface area contributed by atoms with Gasteiger partial charge in [-0.3, -0.25) is 42.7 Å². The Balaban J connectivity index is 0.000000239. The van der Waals surface area contributed by atoms with Gasteiger partial charge in [-0.15, -0.1) is 0 Å². The van der Waals surface area contributed by atoms with E-state index in [1.807, 2.05) is 87.5 Å². The van der Waals surface area contributed by atoms with Gasteiger partial charge in [-0.25, -0.2) is 4.79 Å². The number of carboxylic acids is 1. The number of carbonyl (C=O) groups is 8. The first-order valence-corrected chi connectivity index (χ1v) is 35.5. The summed E-state index contributed by atoms with van der Waals surface area (Å²) in [5.74, 6) is -1.08. The van der Waals surface area contributed by atoms with Gasteiger partial charge < -0.3 is 43.0 Å². The highest BCUT2D eigenvalue weighted by Crippen LogP contribution is 2.35. The van der Waals surface area contributed by atoms with Crippen LogP contribution >= 0.6 is 47.2 Å². The highest BCUT2D eigenvalue weighted by molar-refractivity contribution is 8.24. The lowest BCUT2D eigenvalue weighted by atomic mass is 10.1. The van der Waals surface area contributed by atoms with Crippen molar-refractivity contribution in [2.75, 3.05) is 53.9 Å². The number of ketones is 1. The molecular weight excluding hydrogens is 1420 g/mol. The number of nitriles is 1. The van der Waals surface area contributed by atoms with Crippen LogP contribution in [0.3, 0.4) is 0 Å². The van der Waals surface area contributed by atoms with Gasteiger partial charge in [-0.1, -0.05) is 110 Å². The van der Waals surface area contributed by atoms with Crippen LogP contribution in [0.15, 0.2) is 176 Å². The highest BCUT2D eigenvalue weighted by Gasteiger charge is 2.29. The summed E-state index contributed by atoms with van der Waals surface area (Å²) in [5.41, 5.74) is 6.98. The number of methoxy groups -OCH3 is 2. The zero-order valence-corrected chi connectivity index (χ0v) is 62.4. The molecule has 2 heterocycles. The first kappa shape index (κ1) is 81.7. The Morgan fingerprint density at radius 3 is 1.54 bits per heavy atom. The number of carboxylic acid groups (broad SMARTS) is 1. The van der Waals surface area contributed by atoms with E-state index in [4.69, 9.17) is 78.4 Å². The number of carbonyl (C=O) groups excluding carboxylic acids is 7. The number of ether oxygens (including phenoxy) is 8. The van der Waals surface area contributed by atoms with E-state index in [-0.39, 0.29) is 74.4 Å². The minimum atomic E-state index is -0.900. The van der Waals surface area contributed by atoms with Crippen LogP contribution in [0.2, 0.25) is 10.0 Å². The van der Waals surface area contributed by atoms with Crippen LogP contribution in [0.25, 0.3) is 21.8 Å². The van der Waals surface area contributed by atoms with Gasteiger partial charge in [0, 0.05) is 80.7 Å². The van der Waals surface area contributed by atoms with Crippen LogP contribution in [0.5, 0.6) is 23.0 Å². The molecule has 105 heavy (non-hydrogen) atoms. The number of hydrogen-bond acceptors (Lipinski definition) is 19. The summed E-state index contributed by atoms with van der Waals surface area (Å²) in [6.07, 6.45) is 3.60. The molecule has 24 heteroatoms. The minimum absolute atomic E-state index is 0.00977. The second-order valence-corrected chi connectivity index (χ2v) is 27.1. The van der Waals surface area contributed by atoms with Crippen molar-refractivity contribution in [1.82, 2.24) is 9.13 Å². The Morgan fingerprint density at radius 1 is 0.610 bits per heavy atom. The summed E-state index contributed by atoms with van der Waals surface area (Å²) in [5, 5.41) is 20.3. The topological polar surface area (TPSA) is 264 Å². The van der Waals surface area contributed by atoms with E-state index >= 15 is 0 Å². The molecule has 0 aliphatic rings. The van der Waals surface area contributed by atoms with Crippen LogP contribution < -0.4 is 18.9 Å². The number of benzene rings is 7. The fourth-order valence-corrected chi connectivity index (χ4v) is 12.4. The van der Waals surface area contributed by atoms with Crippen LogP contribution in [-0.4, -0.2) is 124 Å². The van der Waals surface area contributed by atoms with Gasteiger partial charge in [0.25, 0.3) is 11.8 Å². The van der Waals surface area contributed by atoms with Crippen LogP contribution in [0, 0.1) is 31.1 Å². The predicted molar refractivity (Wildman–Crippen MR) is 407 cm³/mol. The van der Waals surface area contributed by atoms with E-state index in [1.165, 1.54) is 18.9 Å². The largest absolute Gasteiger partial charge is 0.497 e. The SMILES string of the molecule is C=CC(=O)OCCCOc1ccc(C(=O)COC(=O)Cc2c(C)n(C(=O)c3ccc(Cl)cc3)c3ccc(OC)cc23)cc1.CC(C#N)(CCC(=O)O)SC(=S)c1ccccc1.CCC(C)C(=O)OCCCOc1ccc(CCOC(=O)Cc2c(C)n(C(=O)c3ccc(Cl)cc3)c3ccc(OC)cc23)cc1. The van der Waals surface area contributed by atoms with Gasteiger partial charge in [0.1, 0.15) is 27.7 Å². The molecule has 0 saturated carbocycles. The number of Topliss-reactive ketones (excluding diaryl/α,β-unsaturated/α-hetero) is 1.